The van der Waals surface area contributed by atoms with Crippen LogP contribution in [0.25, 0.3) is 10.9 Å². The van der Waals surface area contributed by atoms with Gasteiger partial charge in [0, 0.05) is 55.0 Å². The second-order valence-electron chi connectivity index (χ2n) is 8.19. The Hall–Kier alpha value is -2.79. The molecule has 6 heteroatoms. The van der Waals surface area contributed by atoms with Crippen LogP contribution in [0.4, 0.5) is 5.69 Å². The highest BCUT2D eigenvalue weighted by Gasteiger charge is 2.26. The molecule has 0 aliphatic carbocycles. The highest BCUT2D eigenvalue weighted by Crippen LogP contribution is 2.26. The van der Waals surface area contributed by atoms with Crippen LogP contribution < -0.4 is 10.3 Å². The van der Waals surface area contributed by atoms with Gasteiger partial charge in [0.2, 0.25) is 5.43 Å². The average molecular weight is 422 g/mol. The van der Waals surface area contributed by atoms with Gasteiger partial charge in [0.15, 0.2) is 0 Å². The standard InChI is InChI=1S/C24H24ClN3O2/c1-16-7-8-18(25)14-21(16)26-10-12-27(13-11-26)24(30)20-15-28-9-3-5-17-4-2-6-19(22(17)28)23(20)29/h2,4,6-8,14-15H,3,5,9-13H2,1H3. The number of hydrogen-bond donors (Lipinski definition) is 0. The van der Waals surface area contributed by atoms with Crippen molar-refractivity contribution in [1.29, 1.82) is 0 Å². The number of piperazine rings is 1. The smallest absolute Gasteiger partial charge is 0.259 e. The summed E-state index contributed by atoms with van der Waals surface area (Å²) in [4.78, 5) is 30.5. The molecule has 1 saturated heterocycles. The summed E-state index contributed by atoms with van der Waals surface area (Å²) in [5, 5.41) is 1.37. The maximum absolute atomic E-state index is 13.3. The van der Waals surface area contributed by atoms with Gasteiger partial charge in [-0.15, -0.1) is 0 Å². The maximum atomic E-state index is 13.3. The molecule has 0 unspecified atom stereocenters. The van der Waals surface area contributed by atoms with Crippen molar-refractivity contribution in [2.45, 2.75) is 26.3 Å². The first-order chi connectivity index (χ1) is 14.5. The zero-order valence-corrected chi connectivity index (χ0v) is 17.8. The zero-order valence-electron chi connectivity index (χ0n) is 17.0. The Kier molecular flexibility index (Phi) is 4.78. The second-order valence-corrected chi connectivity index (χ2v) is 8.63. The number of pyridine rings is 1. The summed E-state index contributed by atoms with van der Waals surface area (Å²) >= 11 is 6.18. The van der Waals surface area contributed by atoms with Crippen LogP contribution >= 0.6 is 11.6 Å². The van der Waals surface area contributed by atoms with E-state index in [2.05, 4.69) is 22.5 Å². The Labute approximate surface area is 180 Å². The Balaban J connectivity index is 1.41. The number of carbonyl (C=O) groups excluding carboxylic acids is 1. The molecule has 5 nitrogen and oxygen atoms in total. The third-order valence-electron chi connectivity index (χ3n) is 6.34. The van der Waals surface area contributed by atoms with E-state index in [1.54, 1.807) is 11.1 Å². The molecule has 2 aliphatic heterocycles. The van der Waals surface area contributed by atoms with E-state index in [9.17, 15) is 9.59 Å². The first-order valence-electron chi connectivity index (χ1n) is 10.5. The number of para-hydroxylation sites is 1. The minimum absolute atomic E-state index is 0.150. The van der Waals surface area contributed by atoms with Gasteiger partial charge in [0.25, 0.3) is 5.91 Å². The number of hydrogen-bond acceptors (Lipinski definition) is 3. The topological polar surface area (TPSA) is 45.5 Å². The van der Waals surface area contributed by atoms with Gasteiger partial charge in [0.1, 0.15) is 5.56 Å². The van der Waals surface area contributed by atoms with E-state index in [0.29, 0.717) is 23.5 Å². The number of halogens is 1. The van der Waals surface area contributed by atoms with Crippen LogP contribution in [0.2, 0.25) is 5.02 Å². The summed E-state index contributed by atoms with van der Waals surface area (Å²) in [6.45, 7) is 5.53. The molecule has 3 heterocycles. The molecule has 0 N–H and O–H groups in total. The molecular weight excluding hydrogens is 398 g/mol. The van der Waals surface area contributed by atoms with Gasteiger partial charge in [-0.2, -0.15) is 0 Å². The fraction of sp³-hybridized carbons (Fsp3) is 0.333. The predicted molar refractivity (Wildman–Crippen MR) is 121 cm³/mol. The average Bonchev–Trinajstić information content (AvgIpc) is 2.77. The van der Waals surface area contributed by atoms with Gasteiger partial charge < -0.3 is 14.4 Å². The lowest BCUT2D eigenvalue weighted by Gasteiger charge is -2.37. The van der Waals surface area contributed by atoms with E-state index >= 15 is 0 Å². The highest BCUT2D eigenvalue weighted by molar-refractivity contribution is 6.30. The number of nitrogens with zero attached hydrogens (tertiary/aromatic N) is 3. The molecule has 3 aromatic rings. The third kappa shape index (κ3) is 3.18. The lowest BCUT2D eigenvalue weighted by molar-refractivity contribution is 0.0745. The van der Waals surface area contributed by atoms with Crippen molar-refractivity contribution in [1.82, 2.24) is 9.47 Å². The number of rotatable bonds is 2. The maximum Gasteiger partial charge on any atom is 0.259 e. The lowest BCUT2D eigenvalue weighted by Crippen LogP contribution is -2.49. The molecule has 1 aromatic heterocycles. The SMILES string of the molecule is Cc1ccc(Cl)cc1N1CCN(C(=O)c2cn3c4c(cccc4c2=O)CCC3)CC1. The molecule has 0 atom stereocenters. The van der Waals surface area contributed by atoms with Crippen LogP contribution in [-0.2, 0) is 13.0 Å². The molecule has 0 radical (unpaired) electrons. The summed E-state index contributed by atoms with van der Waals surface area (Å²) in [5.74, 6) is -0.163. The van der Waals surface area contributed by atoms with Crippen LogP contribution in [-0.4, -0.2) is 41.6 Å². The molecule has 2 aromatic carbocycles. The normalized spacial score (nSPS) is 16.2. The van der Waals surface area contributed by atoms with Gasteiger partial charge >= 0.3 is 0 Å². The molecule has 2 aliphatic rings. The van der Waals surface area contributed by atoms with E-state index in [1.807, 2.05) is 30.3 Å². The van der Waals surface area contributed by atoms with Crippen LogP contribution in [0.15, 0.2) is 47.4 Å². The Morgan fingerprint density at radius 1 is 1.03 bits per heavy atom. The summed E-state index contributed by atoms with van der Waals surface area (Å²) in [7, 11) is 0. The minimum Gasteiger partial charge on any atom is -0.368 e. The Morgan fingerprint density at radius 3 is 2.63 bits per heavy atom. The first-order valence-corrected chi connectivity index (χ1v) is 10.9. The van der Waals surface area contributed by atoms with Crippen molar-refractivity contribution in [2.24, 2.45) is 0 Å². The first kappa shape index (κ1) is 19.2. The van der Waals surface area contributed by atoms with Gasteiger partial charge in [-0.05, 0) is 49.1 Å². The van der Waals surface area contributed by atoms with E-state index < -0.39 is 0 Å². The van der Waals surface area contributed by atoms with E-state index in [-0.39, 0.29) is 16.9 Å². The van der Waals surface area contributed by atoms with E-state index in [1.165, 1.54) is 11.1 Å². The van der Waals surface area contributed by atoms with Crippen LogP contribution in [0, 0.1) is 6.92 Å². The molecule has 1 fully saturated rings. The number of aromatic nitrogens is 1. The quantitative estimate of drug-likeness (QED) is 0.631. The molecular formula is C24H24ClN3O2. The fourth-order valence-corrected chi connectivity index (χ4v) is 4.92. The van der Waals surface area contributed by atoms with E-state index in [0.717, 1.165) is 43.7 Å². The Bertz CT molecular complexity index is 1210. The predicted octanol–water partition coefficient (Wildman–Crippen LogP) is 3.87. The summed E-state index contributed by atoms with van der Waals surface area (Å²) in [6.07, 6.45) is 3.79. The van der Waals surface area contributed by atoms with Crippen molar-refractivity contribution >= 4 is 34.1 Å². The number of aryl methyl sites for hydroxylation is 3. The van der Waals surface area contributed by atoms with E-state index in [4.69, 9.17) is 11.6 Å². The largest absolute Gasteiger partial charge is 0.368 e. The summed E-state index contributed by atoms with van der Waals surface area (Å²) < 4.78 is 2.09. The molecule has 5 rings (SSSR count). The molecule has 0 bridgehead atoms. The number of carbonyl (C=O) groups is 1. The third-order valence-corrected chi connectivity index (χ3v) is 6.57. The minimum atomic E-state index is -0.163. The van der Waals surface area contributed by atoms with Crippen molar-refractivity contribution in [3.05, 3.63) is 74.5 Å². The summed E-state index contributed by atoms with van der Waals surface area (Å²) in [6, 6.07) is 11.7. The van der Waals surface area contributed by atoms with Gasteiger partial charge in [-0.3, -0.25) is 9.59 Å². The van der Waals surface area contributed by atoms with Crippen LogP contribution in [0.1, 0.15) is 27.9 Å². The van der Waals surface area contributed by atoms with Crippen molar-refractivity contribution in [3.63, 3.8) is 0 Å². The van der Waals surface area contributed by atoms with Crippen LogP contribution in [0.5, 0.6) is 0 Å². The molecule has 30 heavy (non-hydrogen) atoms. The molecule has 0 spiro atoms. The van der Waals surface area contributed by atoms with Gasteiger partial charge in [-0.25, -0.2) is 0 Å². The monoisotopic (exact) mass is 421 g/mol. The van der Waals surface area contributed by atoms with Gasteiger partial charge in [-0.1, -0.05) is 29.8 Å². The lowest BCUT2D eigenvalue weighted by atomic mass is 9.99. The van der Waals surface area contributed by atoms with Crippen LogP contribution in [0.3, 0.4) is 0 Å². The van der Waals surface area contributed by atoms with Crippen molar-refractivity contribution in [2.75, 3.05) is 31.1 Å². The number of amides is 1. The van der Waals surface area contributed by atoms with Crippen molar-refractivity contribution < 1.29 is 4.79 Å². The van der Waals surface area contributed by atoms with Gasteiger partial charge in [0.05, 0.1) is 5.52 Å². The second kappa shape index (κ2) is 7.47. The zero-order chi connectivity index (χ0) is 20.8. The molecule has 1 amide bonds. The highest BCUT2D eigenvalue weighted by atomic mass is 35.5. The number of benzene rings is 2. The number of anilines is 1. The molecule has 154 valence electrons. The summed E-state index contributed by atoms with van der Waals surface area (Å²) in [5.41, 5.74) is 4.60. The molecule has 0 saturated carbocycles. The fourth-order valence-electron chi connectivity index (χ4n) is 4.75. The van der Waals surface area contributed by atoms with Crippen molar-refractivity contribution in [3.8, 4) is 0 Å². The Morgan fingerprint density at radius 2 is 1.83 bits per heavy atom.